The van der Waals surface area contributed by atoms with Crippen molar-refractivity contribution >= 4 is 23.7 Å². The number of hydrogen-bond donors (Lipinski definition) is 3. The Hall–Kier alpha value is -2.37. The first-order valence-electron chi connectivity index (χ1n) is 8.51. The number of nitrogens with zero attached hydrogens (tertiary/aromatic N) is 1. The minimum Gasteiger partial charge on any atom is -0.353 e. The number of hydrazone groups is 1. The minimum atomic E-state index is -0.174. The fourth-order valence-electron chi connectivity index (χ4n) is 2.32. The Kier molecular flexibility index (Phi) is 9.19. The highest BCUT2D eigenvalue weighted by molar-refractivity contribution is 5.93. The van der Waals surface area contributed by atoms with E-state index in [1.807, 2.05) is 0 Å². The molecule has 132 valence electrons. The molecule has 1 aromatic rings. The Morgan fingerprint density at radius 1 is 1.17 bits per heavy atom. The molecule has 0 heterocycles. The largest absolute Gasteiger partial charge is 0.353 e. The van der Waals surface area contributed by atoms with Crippen LogP contribution in [0.15, 0.2) is 29.4 Å². The molecule has 0 aliphatic rings. The number of hydrogen-bond acceptors (Lipinski definition) is 4. The molecule has 4 N–H and O–H groups in total. The number of unbranched alkanes of at least 4 members (excludes halogenated alkanes) is 1. The molecule has 0 aliphatic heterocycles. The molecule has 0 saturated heterocycles. The highest BCUT2D eigenvalue weighted by Gasteiger charge is 2.11. The summed E-state index contributed by atoms with van der Waals surface area (Å²) < 4.78 is 0. The van der Waals surface area contributed by atoms with Crippen LogP contribution in [-0.2, 0) is 9.59 Å². The molecule has 0 spiro atoms. The fourth-order valence-corrected chi connectivity index (χ4v) is 2.32. The molecule has 0 radical (unpaired) electrons. The van der Waals surface area contributed by atoms with Crippen molar-refractivity contribution in [2.75, 3.05) is 5.32 Å². The SMILES string of the molecule is CCCCC(CC)NC(=O)CCC(=O)Nc1ccc(C=NN)cc1. The predicted molar refractivity (Wildman–Crippen MR) is 97.8 cm³/mol. The monoisotopic (exact) mass is 332 g/mol. The van der Waals surface area contributed by atoms with E-state index in [0.29, 0.717) is 5.69 Å². The Morgan fingerprint density at radius 2 is 1.83 bits per heavy atom. The third-order valence-corrected chi connectivity index (χ3v) is 3.76. The molecule has 0 aromatic heterocycles. The molecule has 24 heavy (non-hydrogen) atoms. The molecule has 6 heteroatoms. The van der Waals surface area contributed by atoms with Crippen LogP contribution in [0.2, 0.25) is 0 Å². The maximum absolute atomic E-state index is 11.9. The third kappa shape index (κ3) is 7.76. The lowest BCUT2D eigenvalue weighted by Crippen LogP contribution is -2.34. The van der Waals surface area contributed by atoms with Crippen molar-refractivity contribution in [1.29, 1.82) is 0 Å². The summed E-state index contributed by atoms with van der Waals surface area (Å²) in [6.07, 6.45) is 6.02. The molecule has 0 aliphatic carbocycles. The van der Waals surface area contributed by atoms with Crippen molar-refractivity contribution in [2.45, 2.75) is 58.4 Å². The van der Waals surface area contributed by atoms with Crippen LogP contribution in [0.3, 0.4) is 0 Å². The van der Waals surface area contributed by atoms with Crippen LogP contribution < -0.4 is 16.5 Å². The van der Waals surface area contributed by atoms with Gasteiger partial charge in [-0.25, -0.2) is 0 Å². The summed E-state index contributed by atoms with van der Waals surface area (Å²) in [5.41, 5.74) is 1.54. The second-order valence-corrected chi connectivity index (χ2v) is 5.76. The van der Waals surface area contributed by atoms with E-state index in [1.165, 1.54) is 6.21 Å². The quantitative estimate of drug-likeness (QED) is 0.349. The van der Waals surface area contributed by atoms with Gasteiger partial charge in [0.05, 0.1) is 6.21 Å². The summed E-state index contributed by atoms with van der Waals surface area (Å²) in [5.74, 6) is 4.84. The summed E-state index contributed by atoms with van der Waals surface area (Å²) in [4.78, 5) is 23.8. The summed E-state index contributed by atoms with van der Waals surface area (Å²) in [5, 5.41) is 9.21. The lowest BCUT2D eigenvalue weighted by atomic mass is 10.1. The van der Waals surface area contributed by atoms with Gasteiger partial charge in [0.2, 0.25) is 11.8 Å². The molecular formula is C18H28N4O2. The van der Waals surface area contributed by atoms with Crippen molar-refractivity contribution in [3.8, 4) is 0 Å². The van der Waals surface area contributed by atoms with Gasteiger partial charge in [-0.1, -0.05) is 38.8 Å². The summed E-state index contributed by atoms with van der Waals surface area (Å²) >= 11 is 0. The molecule has 6 nitrogen and oxygen atoms in total. The van der Waals surface area contributed by atoms with Crippen LogP contribution in [0.25, 0.3) is 0 Å². The highest BCUT2D eigenvalue weighted by atomic mass is 16.2. The van der Waals surface area contributed by atoms with E-state index in [0.717, 1.165) is 31.2 Å². The van der Waals surface area contributed by atoms with E-state index in [-0.39, 0.29) is 30.7 Å². The van der Waals surface area contributed by atoms with Gasteiger partial charge in [0.15, 0.2) is 0 Å². The predicted octanol–water partition coefficient (Wildman–Crippen LogP) is 2.78. The van der Waals surface area contributed by atoms with Crippen LogP contribution in [-0.4, -0.2) is 24.1 Å². The van der Waals surface area contributed by atoms with Crippen LogP contribution in [0.4, 0.5) is 5.69 Å². The molecule has 0 saturated carbocycles. The number of carbonyl (C=O) groups is 2. The summed E-state index contributed by atoms with van der Waals surface area (Å²) in [6.45, 7) is 4.20. The van der Waals surface area contributed by atoms with Gasteiger partial charge in [-0.15, -0.1) is 0 Å². The molecule has 1 rings (SSSR count). The van der Waals surface area contributed by atoms with Gasteiger partial charge in [0.25, 0.3) is 0 Å². The zero-order chi connectivity index (χ0) is 17.8. The Morgan fingerprint density at radius 3 is 2.42 bits per heavy atom. The smallest absolute Gasteiger partial charge is 0.224 e. The number of nitrogens with two attached hydrogens (primary N) is 1. The molecule has 1 aromatic carbocycles. The van der Waals surface area contributed by atoms with E-state index < -0.39 is 0 Å². The average molecular weight is 332 g/mol. The van der Waals surface area contributed by atoms with Gasteiger partial charge in [-0.3, -0.25) is 9.59 Å². The van der Waals surface area contributed by atoms with Crippen molar-refractivity contribution < 1.29 is 9.59 Å². The molecule has 1 unspecified atom stereocenters. The lowest BCUT2D eigenvalue weighted by molar-refractivity contribution is -0.124. The number of carbonyl (C=O) groups excluding carboxylic acids is 2. The minimum absolute atomic E-state index is 0.0670. The van der Waals surface area contributed by atoms with Crippen molar-refractivity contribution in [2.24, 2.45) is 10.9 Å². The van der Waals surface area contributed by atoms with E-state index >= 15 is 0 Å². The van der Waals surface area contributed by atoms with Gasteiger partial charge in [0, 0.05) is 24.6 Å². The maximum atomic E-state index is 11.9. The lowest BCUT2D eigenvalue weighted by Gasteiger charge is -2.16. The van der Waals surface area contributed by atoms with Crippen LogP contribution in [0.1, 0.15) is 57.9 Å². The molecule has 2 amide bonds. The topological polar surface area (TPSA) is 96.6 Å². The number of rotatable bonds is 10. The second-order valence-electron chi connectivity index (χ2n) is 5.76. The molecule has 0 fully saturated rings. The van der Waals surface area contributed by atoms with Crippen LogP contribution >= 0.6 is 0 Å². The first kappa shape index (κ1) is 19.7. The van der Waals surface area contributed by atoms with E-state index in [4.69, 9.17) is 5.84 Å². The third-order valence-electron chi connectivity index (χ3n) is 3.76. The standard InChI is InChI=1S/C18H28N4O2/c1-3-5-6-15(4-2)21-17(23)11-12-18(24)22-16-9-7-14(8-10-16)13-20-19/h7-10,13,15H,3-6,11-12,19H2,1-2H3,(H,21,23)(H,22,24). The van der Waals surface area contributed by atoms with E-state index in [2.05, 4.69) is 29.6 Å². The summed E-state index contributed by atoms with van der Waals surface area (Å²) in [6, 6.07) is 7.35. The van der Waals surface area contributed by atoms with Crippen molar-refractivity contribution in [3.63, 3.8) is 0 Å². The Balaban J connectivity index is 2.35. The first-order chi connectivity index (χ1) is 11.6. The molecule has 0 bridgehead atoms. The first-order valence-corrected chi connectivity index (χ1v) is 8.51. The van der Waals surface area contributed by atoms with Crippen LogP contribution in [0, 0.1) is 0 Å². The zero-order valence-corrected chi connectivity index (χ0v) is 14.5. The fraction of sp³-hybridized carbons (Fsp3) is 0.500. The number of benzene rings is 1. The average Bonchev–Trinajstić information content (AvgIpc) is 2.58. The van der Waals surface area contributed by atoms with Gasteiger partial charge in [-0.2, -0.15) is 5.10 Å². The normalized spacial score (nSPS) is 12.1. The Bertz CT molecular complexity index is 540. The van der Waals surface area contributed by atoms with Gasteiger partial charge < -0.3 is 16.5 Å². The second kappa shape index (κ2) is 11.2. The highest BCUT2D eigenvalue weighted by Crippen LogP contribution is 2.09. The van der Waals surface area contributed by atoms with E-state index in [1.54, 1.807) is 24.3 Å². The summed E-state index contributed by atoms with van der Waals surface area (Å²) in [7, 11) is 0. The van der Waals surface area contributed by atoms with Crippen molar-refractivity contribution in [3.05, 3.63) is 29.8 Å². The van der Waals surface area contributed by atoms with Gasteiger partial charge in [0.1, 0.15) is 0 Å². The van der Waals surface area contributed by atoms with Gasteiger partial charge in [-0.05, 0) is 30.5 Å². The maximum Gasteiger partial charge on any atom is 0.224 e. The molecular weight excluding hydrogens is 304 g/mol. The molecule has 1 atom stereocenters. The Labute approximate surface area is 143 Å². The van der Waals surface area contributed by atoms with Crippen LogP contribution in [0.5, 0.6) is 0 Å². The van der Waals surface area contributed by atoms with Crippen molar-refractivity contribution in [1.82, 2.24) is 5.32 Å². The van der Waals surface area contributed by atoms with Gasteiger partial charge >= 0.3 is 0 Å². The zero-order valence-electron chi connectivity index (χ0n) is 14.5. The number of anilines is 1. The number of nitrogens with one attached hydrogen (secondary N) is 2. The number of amides is 2. The van der Waals surface area contributed by atoms with E-state index in [9.17, 15) is 9.59 Å².